The molecule has 0 aliphatic heterocycles. The van der Waals surface area contributed by atoms with Crippen LogP contribution in [-0.4, -0.2) is 11.5 Å². The maximum absolute atomic E-state index is 11.0. The van der Waals surface area contributed by atoms with Crippen LogP contribution in [0.5, 0.6) is 5.75 Å². The molecule has 14 heavy (non-hydrogen) atoms. The second kappa shape index (κ2) is 3.88. The molecule has 0 radical (unpaired) electrons. The van der Waals surface area contributed by atoms with Gasteiger partial charge < -0.3 is 10.5 Å². The zero-order valence-electron chi connectivity index (χ0n) is 8.08. The van der Waals surface area contributed by atoms with Crippen molar-refractivity contribution >= 4 is 17.5 Å². The van der Waals surface area contributed by atoms with E-state index >= 15 is 0 Å². The van der Waals surface area contributed by atoms with E-state index < -0.39 is 11.5 Å². The average molecular weight is 214 g/mol. The molecule has 0 saturated heterocycles. The molecule has 0 unspecified atom stereocenters. The molecule has 1 aromatic carbocycles. The first kappa shape index (κ1) is 10.9. The summed E-state index contributed by atoms with van der Waals surface area (Å²) < 4.78 is 5.39. The number of hydrogen-bond acceptors (Lipinski definition) is 2. The molecule has 1 aromatic rings. The summed E-state index contributed by atoms with van der Waals surface area (Å²) in [4.78, 5) is 11.0. The lowest BCUT2D eigenvalue weighted by atomic mass is 10.1. The van der Waals surface area contributed by atoms with Crippen molar-refractivity contribution in [3.8, 4) is 5.75 Å². The van der Waals surface area contributed by atoms with Crippen LogP contribution >= 0.6 is 11.6 Å². The highest BCUT2D eigenvalue weighted by Gasteiger charge is 2.27. The quantitative estimate of drug-likeness (QED) is 0.835. The van der Waals surface area contributed by atoms with E-state index in [1.807, 2.05) is 0 Å². The highest BCUT2D eigenvalue weighted by Crippen LogP contribution is 2.26. The van der Waals surface area contributed by atoms with Crippen molar-refractivity contribution < 1.29 is 9.53 Å². The molecule has 4 heteroatoms. The molecule has 2 N–H and O–H groups in total. The van der Waals surface area contributed by atoms with Crippen molar-refractivity contribution in [2.24, 2.45) is 5.73 Å². The minimum Gasteiger partial charge on any atom is -0.476 e. The number of benzene rings is 1. The molecule has 0 saturated carbocycles. The van der Waals surface area contributed by atoms with Gasteiger partial charge in [-0.1, -0.05) is 23.7 Å². The first-order valence-corrected chi connectivity index (χ1v) is 4.55. The first-order chi connectivity index (χ1) is 6.43. The molecule has 1 rings (SSSR count). The van der Waals surface area contributed by atoms with Gasteiger partial charge in [-0.3, -0.25) is 4.79 Å². The van der Waals surface area contributed by atoms with E-state index in [1.54, 1.807) is 38.1 Å². The lowest BCUT2D eigenvalue weighted by molar-refractivity contribution is -0.130. The number of ether oxygens (including phenoxy) is 1. The first-order valence-electron chi connectivity index (χ1n) is 4.17. The van der Waals surface area contributed by atoms with Gasteiger partial charge in [0.1, 0.15) is 5.75 Å². The van der Waals surface area contributed by atoms with Gasteiger partial charge in [0.25, 0.3) is 5.91 Å². The van der Waals surface area contributed by atoms with Crippen molar-refractivity contribution in [1.82, 2.24) is 0 Å². The third kappa shape index (κ3) is 2.39. The summed E-state index contributed by atoms with van der Waals surface area (Å²) in [7, 11) is 0. The van der Waals surface area contributed by atoms with Crippen LogP contribution < -0.4 is 10.5 Å². The fraction of sp³-hybridized carbons (Fsp3) is 0.300. The third-order valence-corrected chi connectivity index (χ3v) is 2.11. The Morgan fingerprint density at radius 2 is 2.00 bits per heavy atom. The van der Waals surface area contributed by atoms with E-state index in [4.69, 9.17) is 22.1 Å². The highest BCUT2D eigenvalue weighted by molar-refractivity contribution is 6.32. The number of nitrogens with two attached hydrogens (primary N) is 1. The van der Waals surface area contributed by atoms with Gasteiger partial charge in [-0.2, -0.15) is 0 Å². The maximum Gasteiger partial charge on any atom is 0.261 e. The van der Waals surface area contributed by atoms with Crippen LogP contribution in [0.1, 0.15) is 13.8 Å². The van der Waals surface area contributed by atoms with Crippen LogP contribution in [0.25, 0.3) is 0 Å². The number of rotatable bonds is 3. The zero-order chi connectivity index (χ0) is 10.8. The molecule has 0 atom stereocenters. The monoisotopic (exact) mass is 213 g/mol. The predicted octanol–water partition coefficient (Wildman–Crippen LogP) is 1.98. The van der Waals surface area contributed by atoms with Crippen molar-refractivity contribution in [2.75, 3.05) is 0 Å². The fourth-order valence-electron chi connectivity index (χ4n) is 0.853. The van der Waals surface area contributed by atoms with Crippen LogP contribution in [0.15, 0.2) is 24.3 Å². The molecular formula is C10H12ClNO2. The summed E-state index contributed by atoms with van der Waals surface area (Å²) in [6.07, 6.45) is 0. The molecule has 3 nitrogen and oxygen atoms in total. The molecule has 1 amide bonds. The lowest BCUT2D eigenvalue weighted by Gasteiger charge is -2.23. The fourth-order valence-corrected chi connectivity index (χ4v) is 1.03. The second-order valence-corrected chi connectivity index (χ2v) is 3.81. The number of hydrogen-bond donors (Lipinski definition) is 1. The summed E-state index contributed by atoms with van der Waals surface area (Å²) in [5.41, 5.74) is 4.11. The number of para-hydroxylation sites is 1. The molecule has 0 aromatic heterocycles. The minimum atomic E-state index is -1.05. The lowest BCUT2D eigenvalue weighted by Crippen LogP contribution is -2.43. The zero-order valence-corrected chi connectivity index (χ0v) is 8.84. The Balaban J connectivity index is 2.89. The van der Waals surface area contributed by atoms with Crippen LogP contribution in [0.3, 0.4) is 0 Å². The van der Waals surface area contributed by atoms with E-state index in [0.29, 0.717) is 10.8 Å². The molecule has 0 heterocycles. The number of carbonyl (C=O) groups excluding carboxylic acids is 1. The minimum absolute atomic E-state index is 0.456. The van der Waals surface area contributed by atoms with Gasteiger partial charge in [-0.05, 0) is 26.0 Å². The summed E-state index contributed by atoms with van der Waals surface area (Å²) in [5.74, 6) is -0.0737. The van der Waals surface area contributed by atoms with Crippen molar-refractivity contribution in [2.45, 2.75) is 19.4 Å². The largest absolute Gasteiger partial charge is 0.476 e. The Kier molecular flexibility index (Phi) is 3.01. The van der Waals surface area contributed by atoms with Gasteiger partial charge in [0, 0.05) is 0 Å². The summed E-state index contributed by atoms with van der Waals surface area (Å²) in [6.45, 7) is 3.19. The average Bonchev–Trinajstić information content (AvgIpc) is 2.08. The molecule has 0 aliphatic carbocycles. The van der Waals surface area contributed by atoms with E-state index in [0.717, 1.165) is 0 Å². The Morgan fingerprint density at radius 3 is 2.50 bits per heavy atom. The SMILES string of the molecule is CC(C)(Oc1ccccc1Cl)C(N)=O. The Morgan fingerprint density at radius 1 is 1.43 bits per heavy atom. The van der Waals surface area contributed by atoms with Gasteiger partial charge in [-0.15, -0.1) is 0 Å². The molecule has 0 aliphatic rings. The van der Waals surface area contributed by atoms with E-state index in [9.17, 15) is 4.79 Å². The van der Waals surface area contributed by atoms with E-state index in [1.165, 1.54) is 0 Å². The predicted molar refractivity (Wildman–Crippen MR) is 55.4 cm³/mol. The smallest absolute Gasteiger partial charge is 0.261 e. The second-order valence-electron chi connectivity index (χ2n) is 3.41. The number of halogens is 1. The van der Waals surface area contributed by atoms with E-state index in [2.05, 4.69) is 0 Å². The molecule has 0 bridgehead atoms. The van der Waals surface area contributed by atoms with Crippen molar-refractivity contribution in [3.05, 3.63) is 29.3 Å². The summed E-state index contributed by atoms with van der Waals surface area (Å²) >= 11 is 5.86. The van der Waals surface area contributed by atoms with Crippen molar-refractivity contribution in [1.29, 1.82) is 0 Å². The van der Waals surface area contributed by atoms with Crippen molar-refractivity contribution in [3.63, 3.8) is 0 Å². The maximum atomic E-state index is 11.0. The molecule has 0 spiro atoms. The highest BCUT2D eigenvalue weighted by atomic mass is 35.5. The van der Waals surface area contributed by atoms with Crippen LogP contribution in [0, 0.1) is 0 Å². The van der Waals surface area contributed by atoms with Gasteiger partial charge in [0.05, 0.1) is 5.02 Å². The molecule has 0 fully saturated rings. The summed E-state index contributed by atoms with van der Waals surface area (Å²) in [6, 6.07) is 6.94. The molecular weight excluding hydrogens is 202 g/mol. The number of carbonyl (C=O) groups is 1. The van der Waals surface area contributed by atoms with E-state index in [-0.39, 0.29) is 0 Å². The van der Waals surface area contributed by atoms with Crippen LogP contribution in [0.2, 0.25) is 5.02 Å². The third-order valence-electron chi connectivity index (χ3n) is 1.80. The van der Waals surface area contributed by atoms with Gasteiger partial charge in [0.15, 0.2) is 5.60 Å². The standard InChI is InChI=1S/C10H12ClNO2/c1-10(2,9(12)13)14-8-6-4-3-5-7(8)11/h3-6H,1-2H3,(H2,12,13). The Hall–Kier alpha value is -1.22. The van der Waals surface area contributed by atoms with Gasteiger partial charge in [0.2, 0.25) is 0 Å². The number of primary amides is 1. The Labute approximate surface area is 87.8 Å². The normalized spacial score (nSPS) is 11.1. The van der Waals surface area contributed by atoms with Gasteiger partial charge >= 0.3 is 0 Å². The van der Waals surface area contributed by atoms with Crippen LogP contribution in [-0.2, 0) is 4.79 Å². The van der Waals surface area contributed by atoms with Crippen LogP contribution in [0.4, 0.5) is 0 Å². The number of amides is 1. The molecule has 76 valence electrons. The topological polar surface area (TPSA) is 52.3 Å². The summed E-state index contributed by atoms with van der Waals surface area (Å²) in [5, 5.41) is 0.460. The van der Waals surface area contributed by atoms with Gasteiger partial charge in [-0.25, -0.2) is 0 Å². The Bertz CT molecular complexity index is 350.